The van der Waals surface area contributed by atoms with Gasteiger partial charge in [-0.05, 0) is 30.5 Å². The van der Waals surface area contributed by atoms with Crippen LogP contribution in [0.15, 0.2) is 53.7 Å². The summed E-state index contributed by atoms with van der Waals surface area (Å²) < 4.78 is 6.05. The maximum absolute atomic E-state index is 11.4. The first kappa shape index (κ1) is 17.6. The Kier molecular flexibility index (Phi) is 5.46. The second-order valence-electron chi connectivity index (χ2n) is 5.43. The number of anilines is 1. The Morgan fingerprint density at radius 3 is 2.88 bits per heavy atom. The molecule has 0 atom stereocenters. The van der Waals surface area contributed by atoms with Gasteiger partial charge in [0.15, 0.2) is 0 Å². The molecule has 0 unspecified atom stereocenters. The van der Waals surface area contributed by atoms with Gasteiger partial charge in [-0.15, -0.1) is 11.8 Å². The van der Waals surface area contributed by atoms with Gasteiger partial charge in [0.25, 0.3) is 0 Å². The number of hydrogen-bond donors (Lipinski definition) is 1. The SMILES string of the molecule is CSc1c(NC(C)=O)ccc(Cl)c1COc1cccc2cnccc12. The Labute approximate surface area is 155 Å². The molecule has 1 amide bonds. The third-order valence-electron chi connectivity index (χ3n) is 3.73. The Bertz CT molecular complexity index is 925. The lowest BCUT2D eigenvalue weighted by molar-refractivity contribution is -0.114. The molecule has 3 rings (SSSR count). The lowest BCUT2D eigenvalue weighted by atomic mass is 10.1. The van der Waals surface area contributed by atoms with Crippen molar-refractivity contribution in [3.63, 3.8) is 0 Å². The normalized spacial score (nSPS) is 10.7. The zero-order valence-corrected chi connectivity index (χ0v) is 15.4. The largest absolute Gasteiger partial charge is 0.488 e. The fourth-order valence-corrected chi connectivity index (χ4v) is 3.65. The third-order valence-corrected chi connectivity index (χ3v) is 4.96. The molecule has 0 radical (unpaired) electrons. The van der Waals surface area contributed by atoms with Gasteiger partial charge in [-0.2, -0.15) is 0 Å². The van der Waals surface area contributed by atoms with E-state index in [2.05, 4.69) is 10.3 Å². The van der Waals surface area contributed by atoms with Crippen LogP contribution in [0.3, 0.4) is 0 Å². The van der Waals surface area contributed by atoms with Crippen LogP contribution in [0.25, 0.3) is 10.8 Å². The summed E-state index contributed by atoms with van der Waals surface area (Å²) in [6.07, 6.45) is 5.50. The van der Waals surface area contributed by atoms with Crippen molar-refractivity contribution in [2.45, 2.75) is 18.4 Å². The number of hydrogen-bond acceptors (Lipinski definition) is 4. The Morgan fingerprint density at radius 2 is 2.12 bits per heavy atom. The highest BCUT2D eigenvalue weighted by atomic mass is 35.5. The van der Waals surface area contributed by atoms with Crippen molar-refractivity contribution in [2.24, 2.45) is 0 Å². The van der Waals surface area contributed by atoms with Crippen molar-refractivity contribution in [1.82, 2.24) is 4.98 Å². The fraction of sp³-hybridized carbons (Fsp3) is 0.158. The lowest BCUT2D eigenvalue weighted by Gasteiger charge is -2.16. The molecule has 4 nitrogen and oxygen atoms in total. The van der Waals surface area contributed by atoms with Crippen molar-refractivity contribution in [1.29, 1.82) is 0 Å². The van der Waals surface area contributed by atoms with Gasteiger partial charge in [-0.25, -0.2) is 0 Å². The van der Waals surface area contributed by atoms with Gasteiger partial charge in [-0.1, -0.05) is 23.7 Å². The first-order chi connectivity index (χ1) is 12.1. The second-order valence-corrected chi connectivity index (χ2v) is 6.65. The molecular formula is C19H17ClN2O2S. The number of halogens is 1. The van der Waals surface area contributed by atoms with Gasteiger partial charge in [0.05, 0.1) is 5.69 Å². The summed E-state index contributed by atoms with van der Waals surface area (Å²) in [4.78, 5) is 16.5. The number of fused-ring (bicyclic) bond motifs is 1. The summed E-state index contributed by atoms with van der Waals surface area (Å²) in [6, 6.07) is 11.4. The maximum Gasteiger partial charge on any atom is 0.221 e. The summed E-state index contributed by atoms with van der Waals surface area (Å²) in [7, 11) is 0. The molecule has 25 heavy (non-hydrogen) atoms. The zero-order valence-electron chi connectivity index (χ0n) is 13.9. The fourth-order valence-electron chi connectivity index (χ4n) is 2.63. The highest BCUT2D eigenvalue weighted by Crippen LogP contribution is 2.35. The number of pyridine rings is 1. The van der Waals surface area contributed by atoms with E-state index >= 15 is 0 Å². The smallest absolute Gasteiger partial charge is 0.221 e. The number of carbonyl (C=O) groups excluding carboxylic acids is 1. The number of thioether (sulfide) groups is 1. The van der Waals surface area contributed by atoms with Gasteiger partial charge in [0, 0.05) is 45.6 Å². The van der Waals surface area contributed by atoms with E-state index in [4.69, 9.17) is 16.3 Å². The summed E-state index contributed by atoms with van der Waals surface area (Å²) in [5.41, 5.74) is 1.59. The minimum absolute atomic E-state index is 0.119. The number of carbonyl (C=O) groups is 1. The van der Waals surface area contributed by atoms with Crippen molar-refractivity contribution in [3.8, 4) is 5.75 Å². The predicted octanol–water partition coefficient (Wildman–Crippen LogP) is 5.15. The van der Waals surface area contributed by atoms with Crippen LogP contribution in [-0.4, -0.2) is 17.1 Å². The molecule has 3 aromatic rings. The molecule has 0 fully saturated rings. The standard InChI is InChI=1S/C19H17ClN2O2S/c1-12(23)22-17-7-6-16(20)15(19(17)25-2)11-24-18-5-3-4-13-10-21-9-8-14(13)18/h3-10H,11H2,1-2H3,(H,22,23). The van der Waals surface area contributed by atoms with Crippen LogP contribution in [-0.2, 0) is 11.4 Å². The number of nitrogens with one attached hydrogen (secondary N) is 1. The monoisotopic (exact) mass is 372 g/mol. The van der Waals surface area contributed by atoms with E-state index in [0.29, 0.717) is 11.6 Å². The van der Waals surface area contributed by atoms with Crippen molar-refractivity contribution in [3.05, 3.63) is 59.4 Å². The average Bonchev–Trinajstić information content (AvgIpc) is 2.61. The number of aromatic nitrogens is 1. The Morgan fingerprint density at radius 1 is 1.28 bits per heavy atom. The van der Waals surface area contributed by atoms with Gasteiger partial charge in [0.2, 0.25) is 5.91 Å². The summed E-state index contributed by atoms with van der Waals surface area (Å²) >= 11 is 7.91. The van der Waals surface area contributed by atoms with Crippen LogP contribution in [0, 0.1) is 0 Å². The molecule has 2 aromatic carbocycles. The minimum atomic E-state index is -0.119. The Hall–Kier alpha value is -2.24. The van der Waals surface area contributed by atoms with Gasteiger partial charge in [-0.3, -0.25) is 9.78 Å². The molecule has 128 valence electrons. The Balaban J connectivity index is 1.93. The second kappa shape index (κ2) is 7.76. The van der Waals surface area contributed by atoms with Crippen LogP contribution in [0.5, 0.6) is 5.75 Å². The summed E-state index contributed by atoms with van der Waals surface area (Å²) in [5.74, 6) is 0.652. The van der Waals surface area contributed by atoms with E-state index < -0.39 is 0 Å². The minimum Gasteiger partial charge on any atom is -0.488 e. The van der Waals surface area contributed by atoms with Crippen LogP contribution in [0.2, 0.25) is 5.02 Å². The number of nitrogens with zero attached hydrogens (tertiary/aromatic N) is 1. The van der Waals surface area contributed by atoms with E-state index in [-0.39, 0.29) is 5.91 Å². The average molecular weight is 373 g/mol. The summed E-state index contributed by atoms with van der Waals surface area (Å²) in [6.45, 7) is 1.79. The third kappa shape index (κ3) is 3.89. The molecule has 0 aliphatic heterocycles. The molecule has 6 heteroatoms. The lowest BCUT2D eigenvalue weighted by Crippen LogP contribution is -2.09. The van der Waals surface area contributed by atoms with Gasteiger partial charge >= 0.3 is 0 Å². The van der Waals surface area contributed by atoms with Crippen molar-refractivity contribution < 1.29 is 9.53 Å². The van der Waals surface area contributed by atoms with Crippen molar-refractivity contribution in [2.75, 3.05) is 11.6 Å². The van der Waals surface area contributed by atoms with Gasteiger partial charge < -0.3 is 10.1 Å². The predicted molar refractivity (Wildman–Crippen MR) is 104 cm³/mol. The zero-order chi connectivity index (χ0) is 17.8. The van der Waals surface area contributed by atoms with Gasteiger partial charge in [0.1, 0.15) is 12.4 Å². The first-order valence-corrected chi connectivity index (χ1v) is 9.29. The van der Waals surface area contributed by atoms with E-state index in [1.807, 2.05) is 36.6 Å². The molecule has 0 spiro atoms. The highest BCUT2D eigenvalue weighted by Gasteiger charge is 2.14. The molecule has 0 saturated heterocycles. The van der Waals surface area contributed by atoms with Crippen LogP contribution in [0.4, 0.5) is 5.69 Å². The van der Waals surface area contributed by atoms with Crippen LogP contribution < -0.4 is 10.1 Å². The van der Waals surface area contributed by atoms with Crippen LogP contribution in [0.1, 0.15) is 12.5 Å². The van der Waals surface area contributed by atoms with Crippen molar-refractivity contribution >= 4 is 45.7 Å². The number of amides is 1. The van der Waals surface area contributed by atoms with E-state index in [1.54, 1.807) is 18.5 Å². The van der Waals surface area contributed by atoms with E-state index in [0.717, 1.165) is 32.7 Å². The number of benzene rings is 2. The molecule has 0 bridgehead atoms. The quantitative estimate of drug-likeness (QED) is 0.629. The first-order valence-electron chi connectivity index (χ1n) is 7.68. The number of rotatable bonds is 5. The molecule has 1 aromatic heterocycles. The van der Waals surface area contributed by atoms with Crippen LogP contribution >= 0.6 is 23.4 Å². The molecule has 1 N–H and O–H groups in total. The number of ether oxygens (including phenoxy) is 1. The molecule has 0 aliphatic rings. The highest BCUT2D eigenvalue weighted by molar-refractivity contribution is 7.98. The maximum atomic E-state index is 11.4. The van der Waals surface area contributed by atoms with E-state index in [9.17, 15) is 4.79 Å². The molecule has 0 aliphatic carbocycles. The molecular weight excluding hydrogens is 356 g/mol. The summed E-state index contributed by atoms with van der Waals surface area (Å²) in [5, 5.41) is 5.46. The topological polar surface area (TPSA) is 51.2 Å². The van der Waals surface area contributed by atoms with E-state index in [1.165, 1.54) is 18.7 Å². The molecule has 0 saturated carbocycles. The molecule has 1 heterocycles.